The Hall–Kier alpha value is -3.05. The largest absolute Gasteiger partial charge is 0.480 e. The summed E-state index contributed by atoms with van der Waals surface area (Å²) < 4.78 is 34.7. The molecule has 0 aromatic heterocycles. The summed E-state index contributed by atoms with van der Waals surface area (Å²) in [6.07, 6.45) is 9.44. The zero-order valence-corrected chi connectivity index (χ0v) is 39.1. The molecule has 0 bridgehead atoms. The van der Waals surface area contributed by atoms with Crippen molar-refractivity contribution in [3.05, 3.63) is 29.7 Å². The van der Waals surface area contributed by atoms with Crippen molar-refractivity contribution in [2.45, 2.75) is 180 Å². The van der Waals surface area contributed by atoms with Gasteiger partial charge in [0.2, 0.25) is 5.79 Å². The highest BCUT2D eigenvalue weighted by Crippen LogP contribution is 2.39. The number of carbonyl (C=O) groups excluding carboxylic acids is 4. The number of carbonyl (C=O) groups is 5. The van der Waals surface area contributed by atoms with E-state index in [-0.39, 0.29) is 73.4 Å². The topological polar surface area (TPSA) is 205 Å². The molecule has 3 heterocycles. The van der Waals surface area contributed by atoms with Crippen LogP contribution in [0.2, 0.25) is 0 Å². The van der Waals surface area contributed by atoms with Crippen LogP contribution in [0.25, 0.3) is 0 Å². The van der Waals surface area contributed by atoms with E-state index in [2.05, 4.69) is 6.08 Å². The molecule has 15 nitrogen and oxygen atoms in total. The lowest BCUT2D eigenvalue weighted by molar-refractivity contribution is -0.302. The molecular weight excluding hydrogens is 815 g/mol. The molecule has 14 atom stereocenters. The van der Waals surface area contributed by atoms with Crippen LogP contribution in [0.15, 0.2) is 23.3 Å². The lowest BCUT2D eigenvalue weighted by atomic mass is 9.82. The molecule has 3 aliphatic heterocycles. The van der Waals surface area contributed by atoms with E-state index in [0.29, 0.717) is 45.1 Å². The normalized spacial score (nSPS) is 32.0. The van der Waals surface area contributed by atoms with Gasteiger partial charge in [0.1, 0.15) is 17.9 Å². The highest BCUT2D eigenvalue weighted by atomic mass is 16.7. The second-order valence-electron chi connectivity index (χ2n) is 18.7. The first-order chi connectivity index (χ1) is 29.9. The number of rotatable bonds is 23. The van der Waals surface area contributed by atoms with Gasteiger partial charge < -0.3 is 48.6 Å². The number of aliphatic hydroxyl groups is 2. The van der Waals surface area contributed by atoms with Crippen LogP contribution in [0.4, 0.5) is 0 Å². The van der Waals surface area contributed by atoms with Gasteiger partial charge in [-0.1, -0.05) is 57.4 Å². The molecule has 0 spiro atoms. The number of aliphatic carboxylic acids is 1. The van der Waals surface area contributed by atoms with Gasteiger partial charge in [0, 0.05) is 52.6 Å². The van der Waals surface area contributed by atoms with E-state index >= 15 is 0 Å². The minimum atomic E-state index is -2.51. The fraction of sp³-hybridized carbons (Fsp3) is 0.792. The number of cyclic esters (lactones) is 1. The van der Waals surface area contributed by atoms with Gasteiger partial charge in [0.05, 0.1) is 37.1 Å². The summed E-state index contributed by atoms with van der Waals surface area (Å²) >= 11 is 0. The number of carboxylic acids is 1. The molecule has 4 rings (SSSR count). The molecule has 3 N–H and O–H groups in total. The third-order valence-corrected chi connectivity index (χ3v) is 13.6. The van der Waals surface area contributed by atoms with Gasteiger partial charge in [-0.25, -0.2) is 9.59 Å². The third kappa shape index (κ3) is 14.0. The van der Waals surface area contributed by atoms with Crippen molar-refractivity contribution in [3.63, 3.8) is 0 Å². The maximum atomic E-state index is 13.7. The zero-order valence-electron chi connectivity index (χ0n) is 39.1. The Labute approximate surface area is 374 Å². The molecule has 2 unspecified atom stereocenters. The van der Waals surface area contributed by atoms with Gasteiger partial charge in [0.15, 0.2) is 6.10 Å². The van der Waals surface area contributed by atoms with Crippen molar-refractivity contribution in [2.75, 3.05) is 34.5 Å². The first-order valence-corrected chi connectivity index (χ1v) is 23.2. The number of hydrogen-bond acceptors (Lipinski definition) is 13. The van der Waals surface area contributed by atoms with Crippen molar-refractivity contribution in [1.82, 2.24) is 4.90 Å². The lowest BCUT2D eigenvalue weighted by Gasteiger charge is -2.47. The van der Waals surface area contributed by atoms with Gasteiger partial charge in [-0.05, 0) is 102 Å². The average molecular weight is 891 g/mol. The van der Waals surface area contributed by atoms with Gasteiger partial charge in [-0.2, -0.15) is 0 Å². The van der Waals surface area contributed by atoms with Crippen molar-refractivity contribution >= 4 is 29.4 Å². The number of Topliss-reactive ketones (excluding diaryl/α,β-unsaturated/α-hetero) is 2. The highest BCUT2D eigenvalue weighted by Gasteiger charge is 2.56. The summed E-state index contributed by atoms with van der Waals surface area (Å²) in [5, 5.41) is 32.7. The van der Waals surface area contributed by atoms with Crippen LogP contribution >= 0.6 is 0 Å². The molecule has 4 fully saturated rings. The average Bonchev–Trinajstić information content (AvgIpc) is 3.66. The van der Waals surface area contributed by atoms with E-state index in [1.807, 2.05) is 47.1 Å². The third-order valence-electron chi connectivity index (χ3n) is 13.6. The van der Waals surface area contributed by atoms with Gasteiger partial charge in [-0.15, -0.1) is 0 Å². The first kappa shape index (κ1) is 52.6. The van der Waals surface area contributed by atoms with Crippen LogP contribution in [0.1, 0.15) is 125 Å². The number of carboxylic acid groups (broad SMARTS) is 1. The lowest BCUT2D eigenvalue weighted by Crippen LogP contribution is -2.64. The van der Waals surface area contributed by atoms with E-state index in [0.717, 1.165) is 41.7 Å². The van der Waals surface area contributed by atoms with Crippen LogP contribution < -0.4 is 0 Å². The summed E-state index contributed by atoms with van der Waals surface area (Å²) in [5.41, 5.74) is 2.03. The first-order valence-electron chi connectivity index (χ1n) is 23.2. The maximum absolute atomic E-state index is 13.7. The molecule has 1 radical (unpaired) electrons. The molecule has 1 saturated carbocycles. The molecule has 0 aromatic carbocycles. The predicted octanol–water partition coefficient (Wildman–Crippen LogP) is 5.57. The van der Waals surface area contributed by atoms with Crippen molar-refractivity contribution in [3.8, 4) is 0 Å². The summed E-state index contributed by atoms with van der Waals surface area (Å²) in [5.74, 6) is -7.51. The van der Waals surface area contributed by atoms with Gasteiger partial charge in [0.25, 0.3) is 11.7 Å². The minimum Gasteiger partial charge on any atom is -0.480 e. The monoisotopic (exact) mass is 891 g/mol. The molecular formula is C48H76NO14. The number of piperidine rings is 1. The summed E-state index contributed by atoms with van der Waals surface area (Å²) in [7, 11) is 4.69. The van der Waals surface area contributed by atoms with Crippen molar-refractivity contribution in [2.24, 2.45) is 29.6 Å². The van der Waals surface area contributed by atoms with Crippen LogP contribution in [-0.2, 0) is 52.4 Å². The summed E-state index contributed by atoms with van der Waals surface area (Å²) in [4.78, 5) is 65.8. The number of amides is 1. The Morgan fingerprint density at radius 3 is 2.30 bits per heavy atom. The number of aliphatic hydroxyl groups excluding tert-OH is 1. The fourth-order valence-electron chi connectivity index (χ4n) is 10.0. The minimum absolute atomic E-state index is 0.00181. The SMILES string of the molecule is CCC[C@H](/C=C(\C)C[C@H](C)C[C@H](OC)C1O[C@@](O)(C(=O)C(=O)N2CCCC[C@H]2C(=O)O)[C@H](C)C[C@@H]1OC)C(=O)C[C@H](O)[C@@H](C)[CH]/C(C)=C/[C@@H]1CC[C@@H](OC2CCOC2=O)[C@H](OC)C1. The summed E-state index contributed by atoms with van der Waals surface area (Å²) in [6, 6.07) is -1.15. The number of hydrogen-bond donors (Lipinski definition) is 3. The Balaban J connectivity index is 1.33. The molecule has 0 aromatic rings. The fourth-order valence-corrected chi connectivity index (χ4v) is 10.0. The molecule has 15 heteroatoms. The number of nitrogens with zero attached hydrogens (tertiary/aromatic N) is 1. The molecule has 63 heavy (non-hydrogen) atoms. The zero-order chi connectivity index (χ0) is 46.6. The van der Waals surface area contributed by atoms with Crippen molar-refractivity contribution < 1.29 is 67.7 Å². The maximum Gasteiger partial charge on any atom is 0.335 e. The quantitative estimate of drug-likeness (QED) is 0.0653. The van der Waals surface area contributed by atoms with E-state index < -0.39 is 65.9 Å². The second-order valence-corrected chi connectivity index (χ2v) is 18.7. The Bertz CT molecular complexity index is 1610. The van der Waals surface area contributed by atoms with E-state index in [1.54, 1.807) is 14.0 Å². The van der Waals surface area contributed by atoms with Crippen LogP contribution in [0.5, 0.6) is 0 Å². The Kier molecular flexibility index (Phi) is 20.4. The molecule has 4 aliphatic rings. The number of methoxy groups -OCH3 is 3. The van der Waals surface area contributed by atoms with Crippen molar-refractivity contribution in [1.29, 1.82) is 0 Å². The number of ether oxygens (including phenoxy) is 6. The molecule has 1 amide bonds. The number of likely N-dealkylation sites (tertiary alicyclic amines) is 1. The Morgan fingerprint density at radius 1 is 0.968 bits per heavy atom. The van der Waals surface area contributed by atoms with E-state index in [9.17, 15) is 39.3 Å². The summed E-state index contributed by atoms with van der Waals surface area (Å²) in [6.45, 7) is 12.1. The second kappa shape index (κ2) is 24.5. The molecule has 1 aliphatic carbocycles. The standard InChI is InChI=1S/C48H76NO14/c1-10-13-34(37(51)27-36(50)31(5)21-30(4)22-33-15-16-38(40(26-33)58-7)62-39-17-19-61-47(39)56)23-28(2)20-29(3)24-41(59-8)43-42(60-9)25-32(6)48(57,63-43)44(52)45(53)49-18-12-11-14-35(49)46(54)55/h21-23,29,31-36,38-43,50,57H,10-20,24-27H2,1-9H3,(H,54,55)/b28-23+,30-22+/t29-,31-,32+,33-,34+,35-,36-,38+,39?,40+,41-,42-,43?,48+/m0/s1. The van der Waals surface area contributed by atoms with Gasteiger partial charge >= 0.3 is 11.9 Å². The Morgan fingerprint density at radius 2 is 1.68 bits per heavy atom. The predicted molar refractivity (Wildman–Crippen MR) is 233 cm³/mol. The van der Waals surface area contributed by atoms with E-state index in [1.165, 1.54) is 14.2 Å². The smallest absolute Gasteiger partial charge is 0.335 e. The highest BCUT2D eigenvalue weighted by molar-refractivity contribution is 6.39. The van der Waals surface area contributed by atoms with Crippen LogP contribution in [0.3, 0.4) is 0 Å². The van der Waals surface area contributed by atoms with Gasteiger partial charge in [-0.3, -0.25) is 14.4 Å². The number of allylic oxidation sites excluding steroid dienone is 4. The van der Waals surface area contributed by atoms with Crippen LogP contribution in [-0.4, -0.2) is 139 Å². The molecule has 3 saturated heterocycles. The number of esters is 1. The number of ketones is 2. The molecule has 357 valence electrons. The van der Waals surface area contributed by atoms with E-state index in [4.69, 9.17) is 28.4 Å². The van der Waals surface area contributed by atoms with Crippen LogP contribution in [0, 0.1) is 36.0 Å².